The molecule has 7 nitrogen and oxygen atoms in total. The van der Waals surface area contributed by atoms with E-state index in [1.807, 2.05) is 30.9 Å². The molecule has 1 spiro atoms. The van der Waals surface area contributed by atoms with E-state index in [4.69, 9.17) is 4.74 Å². The average Bonchev–Trinajstić information content (AvgIpc) is 3.54. The number of hydrogen-bond donors (Lipinski definition) is 1. The standard InChI is InChI=1S/C22H32N4O3/c1-3-23-21(28)26(17-6-7-17)18-8-14-29-22(15-18)9-12-25(13-10-22)20(27)19-5-4-11-24-16(19)2/h4-5,11,17-18H,3,6-10,12-15H2,1-2H3,(H,23,28). The molecule has 3 aliphatic rings. The van der Waals surface area contributed by atoms with Crippen LogP contribution in [-0.4, -0.2) is 70.6 Å². The minimum atomic E-state index is -0.219. The van der Waals surface area contributed by atoms with Crippen LogP contribution in [0.4, 0.5) is 4.79 Å². The van der Waals surface area contributed by atoms with Crippen molar-refractivity contribution in [3.05, 3.63) is 29.6 Å². The predicted octanol–water partition coefficient (Wildman–Crippen LogP) is 2.74. The van der Waals surface area contributed by atoms with Gasteiger partial charge in [-0.1, -0.05) is 0 Å². The number of piperidine rings is 1. The van der Waals surface area contributed by atoms with Gasteiger partial charge in [-0.25, -0.2) is 4.79 Å². The van der Waals surface area contributed by atoms with Gasteiger partial charge in [0.15, 0.2) is 0 Å². The van der Waals surface area contributed by atoms with Crippen LogP contribution in [0, 0.1) is 6.92 Å². The van der Waals surface area contributed by atoms with Crippen molar-refractivity contribution in [2.24, 2.45) is 0 Å². The molecular weight excluding hydrogens is 368 g/mol. The number of nitrogens with zero attached hydrogens (tertiary/aromatic N) is 3. The van der Waals surface area contributed by atoms with Gasteiger partial charge in [-0.2, -0.15) is 0 Å². The molecule has 158 valence electrons. The van der Waals surface area contributed by atoms with E-state index in [1.165, 1.54) is 0 Å². The van der Waals surface area contributed by atoms with Crippen molar-refractivity contribution in [1.82, 2.24) is 20.1 Å². The van der Waals surface area contributed by atoms with Crippen molar-refractivity contribution in [3.63, 3.8) is 0 Å². The summed E-state index contributed by atoms with van der Waals surface area (Å²) in [7, 11) is 0. The third-order valence-corrected chi connectivity index (χ3v) is 6.56. The zero-order valence-electron chi connectivity index (χ0n) is 17.5. The second-order valence-electron chi connectivity index (χ2n) is 8.58. The van der Waals surface area contributed by atoms with Gasteiger partial charge in [0.1, 0.15) is 0 Å². The van der Waals surface area contributed by atoms with Crippen molar-refractivity contribution in [2.45, 2.75) is 70.1 Å². The highest BCUT2D eigenvalue weighted by molar-refractivity contribution is 5.95. The topological polar surface area (TPSA) is 74.8 Å². The van der Waals surface area contributed by atoms with Crippen LogP contribution in [-0.2, 0) is 4.74 Å². The molecular formula is C22H32N4O3. The normalized spacial score (nSPS) is 23.7. The predicted molar refractivity (Wildman–Crippen MR) is 110 cm³/mol. The first-order valence-electron chi connectivity index (χ1n) is 10.9. The minimum absolute atomic E-state index is 0.0553. The summed E-state index contributed by atoms with van der Waals surface area (Å²) in [6, 6.07) is 4.34. The molecule has 1 aliphatic carbocycles. The number of carbonyl (C=O) groups is 2. The lowest BCUT2D eigenvalue weighted by Gasteiger charge is -2.48. The Morgan fingerprint density at radius 1 is 1.28 bits per heavy atom. The molecule has 0 bridgehead atoms. The number of ether oxygens (including phenoxy) is 1. The number of amides is 3. The van der Waals surface area contributed by atoms with E-state index in [-0.39, 0.29) is 23.6 Å². The number of nitrogens with one attached hydrogen (secondary N) is 1. The summed E-state index contributed by atoms with van der Waals surface area (Å²) in [5.41, 5.74) is 1.24. The van der Waals surface area contributed by atoms with E-state index < -0.39 is 0 Å². The lowest BCUT2D eigenvalue weighted by atomic mass is 9.81. The molecule has 3 amide bonds. The number of aromatic nitrogens is 1. The molecule has 3 heterocycles. The summed E-state index contributed by atoms with van der Waals surface area (Å²) in [4.78, 5) is 33.8. The molecule has 0 radical (unpaired) electrons. The lowest BCUT2D eigenvalue weighted by molar-refractivity contribution is -0.126. The molecule has 1 aromatic heterocycles. The van der Waals surface area contributed by atoms with E-state index in [9.17, 15) is 9.59 Å². The van der Waals surface area contributed by atoms with Crippen LogP contribution in [0.5, 0.6) is 0 Å². The molecule has 2 saturated heterocycles. The van der Waals surface area contributed by atoms with Crippen molar-refractivity contribution in [1.29, 1.82) is 0 Å². The summed E-state index contributed by atoms with van der Waals surface area (Å²) in [6.07, 6.45) is 7.34. The van der Waals surface area contributed by atoms with Crippen LogP contribution in [0.15, 0.2) is 18.3 Å². The quantitative estimate of drug-likeness (QED) is 0.843. The number of pyridine rings is 1. The third-order valence-electron chi connectivity index (χ3n) is 6.56. The molecule has 4 rings (SSSR count). The maximum atomic E-state index is 12.9. The molecule has 1 atom stereocenters. The maximum Gasteiger partial charge on any atom is 0.317 e. The third kappa shape index (κ3) is 4.25. The van der Waals surface area contributed by atoms with E-state index in [0.717, 1.165) is 44.2 Å². The summed E-state index contributed by atoms with van der Waals surface area (Å²) in [5.74, 6) is 0.0553. The van der Waals surface area contributed by atoms with Crippen LogP contribution in [0.25, 0.3) is 0 Å². The number of hydrogen-bond acceptors (Lipinski definition) is 4. The van der Waals surface area contributed by atoms with Crippen molar-refractivity contribution in [2.75, 3.05) is 26.2 Å². The molecule has 1 N–H and O–H groups in total. The Labute approximate surface area is 172 Å². The molecule has 29 heavy (non-hydrogen) atoms. The fourth-order valence-corrected chi connectivity index (χ4v) is 4.81. The summed E-state index contributed by atoms with van der Waals surface area (Å²) in [5, 5.41) is 2.99. The Morgan fingerprint density at radius 3 is 2.69 bits per heavy atom. The van der Waals surface area contributed by atoms with Crippen molar-refractivity contribution in [3.8, 4) is 0 Å². The second-order valence-corrected chi connectivity index (χ2v) is 8.58. The van der Waals surface area contributed by atoms with Crippen LogP contribution < -0.4 is 5.32 Å². The molecule has 1 saturated carbocycles. The zero-order chi connectivity index (χ0) is 20.4. The van der Waals surface area contributed by atoms with Crippen molar-refractivity contribution < 1.29 is 14.3 Å². The number of aryl methyl sites for hydroxylation is 1. The Bertz CT molecular complexity index is 756. The Balaban J connectivity index is 1.40. The average molecular weight is 401 g/mol. The van der Waals surface area contributed by atoms with Crippen LogP contribution in [0.3, 0.4) is 0 Å². The highest BCUT2D eigenvalue weighted by Crippen LogP contribution is 2.40. The zero-order valence-corrected chi connectivity index (χ0v) is 17.5. The first-order chi connectivity index (χ1) is 14.0. The van der Waals surface area contributed by atoms with Gasteiger partial charge in [-0.3, -0.25) is 9.78 Å². The molecule has 2 aliphatic heterocycles. The maximum absolute atomic E-state index is 12.9. The van der Waals surface area contributed by atoms with Gasteiger partial charge in [0.05, 0.1) is 11.2 Å². The van der Waals surface area contributed by atoms with E-state index in [1.54, 1.807) is 6.20 Å². The smallest absolute Gasteiger partial charge is 0.317 e. The Hall–Kier alpha value is -2.15. The number of likely N-dealkylation sites (tertiary alicyclic amines) is 1. The number of urea groups is 1. The monoisotopic (exact) mass is 400 g/mol. The fourth-order valence-electron chi connectivity index (χ4n) is 4.81. The fraction of sp³-hybridized carbons (Fsp3) is 0.682. The van der Waals surface area contributed by atoms with E-state index >= 15 is 0 Å². The Morgan fingerprint density at radius 2 is 2.03 bits per heavy atom. The molecule has 7 heteroatoms. The second kappa shape index (κ2) is 8.30. The number of carbonyl (C=O) groups excluding carboxylic acids is 2. The van der Waals surface area contributed by atoms with Crippen LogP contribution in [0.2, 0.25) is 0 Å². The van der Waals surface area contributed by atoms with Gasteiger partial charge in [-0.15, -0.1) is 0 Å². The highest BCUT2D eigenvalue weighted by Gasteiger charge is 2.46. The molecule has 0 aromatic carbocycles. The van der Waals surface area contributed by atoms with Crippen LogP contribution in [0.1, 0.15) is 61.5 Å². The lowest BCUT2D eigenvalue weighted by Crippen LogP contribution is -2.57. The first-order valence-corrected chi connectivity index (χ1v) is 10.9. The van der Waals surface area contributed by atoms with Crippen LogP contribution >= 0.6 is 0 Å². The van der Waals surface area contributed by atoms with Gasteiger partial charge in [-0.05, 0) is 64.5 Å². The van der Waals surface area contributed by atoms with Gasteiger partial charge >= 0.3 is 6.03 Å². The molecule has 3 fully saturated rings. The van der Waals surface area contributed by atoms with Crippen molar-refractivity contribution >= 4 is 11.9 Å². The van der Waals surface area contributed by atoms with Gasteiger partial charge < -0.3 is 19.9 Å². The Kier molecular flexibility index (Phi) is 5.76. The summed E-state index contributed by atoms with van der Waals surface area (Å²) >= 11 is 0. The largest absolute Gasteiger partial charge is 0.375 e. The highest BCUT2D eigenvalue weighted by atomic mass is 16.5. The van der Waals surface area contributed by atoms with E-state index in [0.29, 0.717) is 37.8 Å². The number of rotatable bonds is 4. The van der Waals surface area contributed by atoms with E-state index in [2.05, 4.69) is 15.2 Å². The van der Waals surface area contributed by atoms with Gasteiger partial charge in [0.25, 0.3) is 5.91 Å². The minimum Gasteiger partial charge on any atom is -0.375 e. The SMILES string of the molecule is CCNC(=O)N(C1CC1)C1CCOC2(CCN(C(=O)c3cccnc3C)CC2)C1. The summed E-state index contributed by atoms with van der Waals surface area (Å²) in [6.45, 7) is 6.55. The van der Waals surface area contributed by atoms with Gasteiger partial charge in [0.2, 0.25) is 0 Å². The summed E-state index contributed by atoms with van der Waals surface area (Å²) < 4.78 is 6.28. The molecule has 1 unspecified atom stereocenters. The van der Waals surface area contributed by atoms with Gasteiger partial charge in [0, 0.05) is 50.2 Å². The molecule has 1 aromatic rings. The first kappa shape index (κ1) is 20.1.